The van der Waals surface area contributed by atoms with Crippen LogP contribution in [0.2, 0.25) is 0 Å². The second-order valence-electron chi connectivity index (χ2n) is 10.1. The van der Waals surface area contributed by atoms with Crippen molar-refractivity contribution in [1.82, 2.24) is 9.80 Å². The molecule has 1 aliphatic rings. The normalized spacial score (nSPS) is 16.0. The van der Waals surface area contributed by atoms with Crippen molar-refractivity contribution in [1.29, 1.82) is 0 Å². The topological polar surface area (TPSA) is 6.48 Å². The number of nitrogens with zero attached hydrogens (tertiary/aromatic N) is 2. The van der Waals surface area contributed by atoms with Crippen molar-refractivity contribution < 1.29 is 0 Å². The maximum Gasteiger partial charge on any atom is 0.101 e. The molecule has 0 amide bonds. The Kier molecular flexibility index (Phi) is 19.4. The molecule has 31 heavy (non-hydrogen) atoms. The summed E-state index contributed by atoms with van der Waals surface area (Å²) >= 11 is 0. The Hall–Kier alpha value is -0.660. The summed E-state index contributed by atoms with van der Waals surface area (Å²) in [7, 11) is 0. The molecule has 0 fully saturated rings. The summed E-state index contributed by atoms with van der Waals surface area (Å²) in [4.78, 5) is 5.35. The van der Waals surface area contributed by atoms with Gasteiger partial charge in [0, 0.05) is 25.5 Å². The van der Waals surface area contributed by atoms with E-state index in [1.165, 1.54) is 148 Å². The Morgan fingerprint density at radius 2 is 0.742 bits per heavy atom. The molecule has 0 spiro atoms. The fourth-order valence-electron chi connectivity index (χ4n) is 4.95. The molecule has 2 heteroatoms. The molecule has 184 valence electrons. The van der Waals surface area contributed by atoms with E-state index in [1.54, 1.807) is 0 Å². The molecule has 1 heterocycles. The number of hydrogen-bond acceptors (Lipinski definition) is 2. The first-order valence-electron chi connectivity index (χ1n) is 14.5. The quantitative estimate of drug-likeness (QED) is 0.148. The standard InChI is InChI=1S/C29H58N2/c1-4-7-10-13-14-15-16-17-20-23-26-31-28-27-30(25-22-19-12-9-6-3)29(31)24-21-18-11-8-5-2/h27-29H,4-26H2,1-3H3. The molecule has 0 aliphatic carbocycles. The van der Waals surface area contributed by atoms with Gasteiger partial charge in [-0.05, 0) is 25.7 Å². The van der Waals surface area contributed by atoms with Crippen LogP contribution in [-0.2, 0) is 0 Å². The second-order valence-corrected chi connectivity index (χ2v) is 10.1. The summed E-state index contributed by atoms with van der Waals surface area (Å²) in [6, 6.07) is 0. The third-order valence-corrected chi connectivity index (χ3v) is 7.07. The molecule has 0 saturated heterocycles. The molecule has 0 saturated carbocycles. The van der Waals surface area contributed by atoms with Gasteiger partial charge >= 0.3 is 0 Å². The van der Waals surface area contributed by atoms with Crippen LogP contribution >= 0.6 is 0 Å². The highest BCUT2D eigenvalue weighted by Gasteiger charge is 2.24. The summed E-state index contributed by atoms with van der Waals surface area (Å²) in [6.07, 6.45) is 35.0. The maximum atomic E-state index is 2.68. The molecule has 2 nitrogen and oxygen atoms in total. The molecule has 0 N–H and O–H groups in total. The lowest BCUT2D eigenvalue weighted by molar-refractivity contribution is 0.135. The van der Waals surface area contributed by atoms with Gasteiger partial charge in [0.2, 0.25) is 0 Å². The van der Waals surface area contributed by atoms with Crippen molar-refractivity contribution in [3.8, 4) is 0 Å². The lowest BCUT2D eigenvalue weighted by Gasteiger charge is -2.33. The van der Waals surface area contributed by atoms with Gasteiger partial charge in [-0.2, -0.15) is 0 Å². The monoisotopic (exact) mass is 434 g/mol. The number of hydrogen-bond donors (Lipinski definition) is 0. The van der Waals surface area contributed by atoms with E-state index in [0.29, 0.717) is 6.17 Å². The van der Waals surface area contributed by atoms with Gasteiger partial charge in [0.15, 0.2) is 0 Å². The highest BCUT2D eigenvalue weighted by atomic mass is 15.4. The number of rotatable bonds is 23. The maximum absolute atomic E-state index is 2.68. The molecule has 0 bridgehead atoms. The van der Waals surface area contributed by atoms with E-state index in [2.05, 4.69) is 43.0 Å². The SMILES string of the molecule is CCCCCCCCCCCCN1C=CN(CCCCCCC)C1CCCCCCC. The number of unbranched alkanes of at least 4 members (excludes halogenated alkanes) is 17. The van der Waals surface area contributed by atoms with Crippen molar-refractivity contribution in [2.24, 2.45) is 0 Å². The molecule has 1 atom stereocenters. The minimum atomic E-state index is 0.645. The highest BCUT2D eigenvalue weighted by molar-refractivity contribution is 4.97. The fourth-order valence-corrected chi connectivity index (χ4v) is 4.95. The second kappa shape index (κ2) is 21.2. The minimum absolute atomic E-state index is 0.645. The van der Waals surface area contributed by atoms with Gasteiger partial charge in [0.05, 0.1) is 0 Å². The average molecular weight is 435 g/mol. The van der Waals surface area contributed by atoms with Gasteiger partial charge in [0.1, 0.15) is 6.17 Å². The van der Waals surface area contributed by atoms with Crippen molar-refractivity contribution in [3.63, 3.8) is 0 Å². The fraction of sp³-hybridized carbons (Fsp3) is 0.931. The van der Waals surface area contributed by atoms with Gasteiger partial charge in [0.25, 0.3) is 0 Å². The Labute approximate surface area is 197 Å². The molecule has 1 rings (SSSR count). The van der Waals surface area contributed by atoms with E-state index in [1.807, 2.05) is 0 Å². The minimum Gasteiger partial charge on any atom is -0.356 e. The molecule has 0 aromatic carbocycles. The molecule has 0 radical (unpaired) electrons. The van der Waals surface area contributed by atoms with Crippen LogP contribution in [0.5, 0.6) is 0 Å². The van der Waals surface area contributed by atoms with Crippen molar-refractivity contribution in [2.75, 3.05) is 13.1 Å². The Bertz CT molecular complexity index is 392. The van der Waals surface area contributed by atoms with Crippen molar-refractivity contribution in [3.05, 3.63) is 12.4 Å². The van der Waals surface area contributed by atoms with Crippen LogP contribution in [0.3, 0.4) is 0 Å². The Balaban J connectivity index is 2.22. The summed E-state index contributed by atoms with van der Waals surface area (Å²) in [6.45, 7) is 9.45. The average Bonchev–Trinajstić information content (AvgIpc) is 3.16. The van der Waals surface area contributed by atoms with Crippen LogP contribution in [0.25, 0.3) is 0 Å². The highest BCUT2D eigenvalue weighted by Crippen LogP contribution is 2.23. The zero-order chi connectivity index (χ0) is 22.4. The van der Waals surface area contributed by atoms with Gasteiger partial charge in [-0.15, -0.1) is 0 Å². The summed E-state index contributed by atoms with van der Waals surface area (Å²) < 4.78 is 0. The van der Waals surface area contributed by atoms with Crippen LogP contribution in [0, 0.1) is 0 Å². The lowest BCUT2D eigenvalue weighted by atomic mass is 10.1. The molecule has 1 aliphatic heterocycles. The summed E-state index contributed by atoms with van der Waals surface area (Å²) in [5.74, 6) is 0. The van der Waals surface area contributed by atoms with Gasteiger partial charge < -0.3 is 9.80 Å². The van der Waals surface area contributed by atoms with Crippen LogP contribution in [0.15, 0.2) is 12.4 Å². The van der Waals surface area contributed by atoms with Gasteiger partial charge in [-0.25, -0.2) is 0 Å². The van der Waals surface area contributed by atoms with Crippen LogP contribution in [-0.4, -0.2) is 29.1 Å². The molecule has 1 unspecified atom stereocenters. The molecule has 0 aromatic heterocycles. The summed E-state index contributed by atoms with van der Waals surface area (Å²) in [5, 5.41) is 0. The Morgan fingerprint density at radius 3 is 1.13 bits per heavy atom. The third-order valence-electron chi connectivity index (χ3n) is 7.07. The zero-order valence-corrected chi connectivity index (χ0v) is 21.9. The van der Waals surface area contributed by atoms with Crippen LogP contribution < -0.4 is 0 Å². The molecular weight excluding hydrogens is 376 g/mol. The van der Waals surface area contributed by atoms with E-state index in [9.17, 15) is 0 Å². The first kappa shape index (κ1) is 28.4. The van der Waals surface area contributed by atoms with E-state index in [0.717, 1.165) is 0 Å². The lowest BCUT2D eigenvalue weighted by Crippen LogP contribution is -2.39. The first-order chi connectivity index (χ1) is 15.3. The van der Waals surface area contributed by atoms with Crippen LogP contribution in [0.4, 0.5) is 0 Å². The first-order valence-corrected chi connectivity index (χ1v) is 14.5. The van der Waals surface area contributed by atoms with Crippen LogP contribution in [0.1, 0.15) is 156 Å². The summed E-state index contributed by atoms with van der Waals surface area (Å²) in [5.41, 5.74) is 0. The largest absolute Gasteiger partial charge is 0.356 e. The predicted molar refractivity (Wildman–Crippen MR) is 140 cm³/mol. The van der Waals surface area contributed by atoms with E-state index >= 15 is 0 Å². The molecular formula is C29H58N2. The van der Waals surface area contributed by atoms with Gasteiger partial charge in [-0.3, -0.25) is 0 Å². The van der Waals surface area contributed by atoms with Crippen molar-refractivity contribution in [2.45, 2.75) is 162 Å². The zero-order valence-electron chi connectivity index (χ0n) is 21.9. The predicted octanol–water partition coefficient (Wildman–Crippen LogP) is 9.65. The van der Waals surface area contributed by atoms with Crippen molar-refractivity contribution >= 4 is 0 Å². The van der Waals surface area contributed by atoms with E-state index in [4.69, 9.17) is 0 Å². The third kappa shape index (κ3) is 14.9. The van der Waals surface area contributed by atoms with Gasteiger partial charge in [-0.1, -0.05) is 130 Å². The van der Waals surface area contributed by atoms with E-state index in [-0.39, 0.29) is 0 Å². The molecule has 0 aromatic rings. The Morgan fingerprint density at radius 1 is 0.419 bits per heavy atom. The van der Waals surface area contributed by atoms with E-state index < -0.39 is 0 Å². The smallest absolute Gasteiger partial charge is 0.101 e.